The van der Waals surface area contributed by atoms with Crippen LogP contribution in [0.25, 0.3) is 0 Å². The Balaban J connectivity index is 2.35. The monoisotopic (exact) mass is 238 g/mol. The van der Waals surface area contributed by atoms with Gasteiger partial charge in [-0.25, -0.2) is 15.8 Å². The van der Waals surface area contributed by atoms with Gasteiger partial charge in [-0.2, -0.15) is 0 Å². The highest BCUT2D eigenvalue weighted by molar-refractivity contribution is 5.45. The highest BCUT2D eigenvalue weighted by Gasteiger charge is 2.05. The zero-order valence-electron chi connectivity index (χ0n) is 10.8. The second-order valence-electron chi connectivity index (χ2n) is 4.10. The first-order chi connectivity index (χ1) is 8.17. The van der Waals surface area contributed by atoms with E-state index in [1.165, 1.54) is 6.33 Å². The molecule has 1 atom stereocenters. The van der Waals surface area contributed by atoms with E-state index in [-0.39, 0.29) is 0 Å². The van der Waals surface area contributed by atoms with Gasteiger partial charge in [-0.15, -0.1) is 0 Å². The van der Waals surface area contributed by atoms with Crippen molar-refractivity contribution in [3.8, 4) is 0 Å². The molecule has 17 heavy (non-hydrogen) atoms. The summed E-state index contributed by atoms with van der Waals surface area (Å²) in [5.41, 5.74) is 2.49. The molecule has 1 aromatic rings. The van der Waals surface area contributed by atoms with E-state index in [1.54, 1.807) is 6.07 Å². The molecule has 0 fully saturated rings. The van der Waals surface area contributed by atoms with E-state index in [9.17, 15) is 0 Å². The molecular formula is C11H22N6. The van der Waals surface area contributed by atoms with Crippen LogP contribution in [-0.4, -0.2) is 41.0 Å². The number of hydrogen-bond acceptors (Lipinski definition) is 6. The van der Waals surface area contributed by atoms with Gasteiger partial charge in [-0.1, -0.05) is 6.92 Å². The van der Waals surface area contributed by atoms with Gasteiger partial charge in [0, 0.05) is 25.2 Å². The van der Waals surface area contributed by atoms with Crippen molar-refractivity contribution >= 4 is 11.6 Å². The third-order valence-electron chi connectivity index (χ3n) is 2.93. The summed E-state index contributed by atoms with van der Waals surface area (Å²) in [5, 5.41) is 3.24. The molecule has 0 aliphatic carbocycles. The average Bonchev–Trinajstić information content (AvgIpc) is 2.37. The molecule has 0 spiro atoms. The lowest BCUT2D eigenvalue weighted by Crippen LogP contribution is -2.32. The molecule has 0 bridgehead atoms. The quantitative estimate of drug-likeness (QED) is 0.484. The summed E-state index contributed by atoms with van der Waals surface area (Å²) >= 11 is 0. The third kappa shape index (κ3) is 4.54. The minimum atomic E-state index is 0.600. The largest absolute Gasteiger partial charge is 0.369 e. The molecule has 0 saturated carbocycles. The maximum atomic E-state index is 5.28. The Kier molecular flexibility index (Phi) is 5.65. The summed E-state index contributed by atoms with van der Waals surface area (Å²) < 4.78 is 0. The van der Waals surface area contributed by atoms with Crippen LogP contribution in [0.2, 0.25) is 0 Å². The second kappa shape index (κ2) is 7.03. The van der Waals surface area contributed by atoms with Crippen molar-refractivity contribution in [2.75, 3.05) is 30.9 Å². The zero-order chi connectivity index (χ0) is 12.7. The summed E-state index contributed by atoms with van der Waals surface area (Å²) in [6, 6.07) is 2.38. The molecule has 0 aliphatic heterocycles. The lowest BCUT2D eigenvalue weighted by atomic mass is 10.2. The Morgan fingerprint density at radius 3 is 2.76 bits per heavy atom. The Labute approximate surface area is 103 Å². The fourth-order valence-corrected chi connectivity index (χ4v) is 1.43. The normalized spacial score (nSPS) is 12.5. The first-order valence-corrected chi connectivity index (χ1v) is 5.90. The van der Waals surface area contributed by atoms with Crippen molar-refractivity contribution in [3.63, 3.8) is 0 Å². The molecule has 1 unspecified atom stereocenters. The number of likely N-dealkylation sites (N-methyl/N-ethyl adjacent to an activating group) is 1. The fourth-order valence-electron chi connectivity index (χ4n) is 1.43. The molecule has 6 heteroatoms. The SMILES string of the molecule is CCC(C)N(C)CCNc1cc(NN)ncn1. The molecule has 1 rings (SSSR count). The summed E-state index contributed by atoms with van der Waals surface area (Å²) in [4.78, 5) is 10.4. The van der Waals surface area contributed by atoms with Gasteiger partial charge in [0.25, 0.3) is 0 Å². The van der Waals surface area contributed by atoms with Crippen LogP contribution in [0.1, 0.15) is 20.3 Å². The first-order valence-electron chi connectivity index (χ1n) is 5.90. The van der Waals surface area contributed by atoms with E-state index < -0.39 is 0 Å². The van der Waals surface area contributed by atoms with Gasteiger partial charge in [-0.05, 0) is 20.4 Å². The van der Waals surface area contributed by atoms with E-state index >= 15 is 0 Å². The first kappa shape index (κ1) is 13.7. The van der Waals surface area contributed by atoms with Gasteiger partial charge in [0.2, 0.25) is 0 Å². The van der Waals surface area contributed by atoms with E-state index in [0.717, 1.165) is 25.3 Å². The number of nitrogens with one attached hydrogen (secondary N) is 2. The Hall–Kier alpha value is -1.40. The van der Waals surface area contributed by atoms with E-state index in [0.29, 0.717) is 11.9 Å². The second-order valence-corrected chi connectivity index (χ2v) is 4.10. The van der Waals surface area contributed by atoms with Crippen molar-refractivity contribution in [2.24, 2.45) is 5.84 Å². The predicted molar refractivity (Wildman–Crippen MR) is 70.7 cm³/mol. The van der Waals surface area contributed by atoms with Gasteiger partial charge in [0.15, 0.2) is 0 Å². The van der Waals surface area contributed by atoms with E-state index in [4.69, 9.17) is 5.84 Å². The minimum Gasteiger partial charge on any atom is -0.369 e. The number of anilines is 2. The van der Waals surface area contributed by atoms with Gasteiger partial charge in [-0.3, -0.25) is 0 Å². The van der Waals surface area contributed by atoms with Crippen LogP contribution in [0.15, 0.2) is 12.4 Å². The maximum Gasteiger partial charge on any atom is 0.145 e. The third-order valence-corrected chi connectivity index (χ3v) is 2.93. The number of hydrazine groups is 1. The molecule has 1 heterocycles. The Bertz CT molecular complexity index is 329. The molecule has 6 nitrogen and oxygen atoms in total. The lowest BCUT2D eigenvalue weighted by molar-refractivity contribution is 0.261. The van der Waals surface area contributed by atoms with Crippen LogP contribution in [0.4, 0.5) is 11.6 Å². The van der Waals surface area contributed by atoms with E-state index in [2.05, 4.69) is 46.5 Å². The molecule has 0 radical (unpaired) electrons. The predicted octanol–water partition coefficient (Wildman–Crippen LogP) is 0.904. The number of hydrogen-bond donors (Lipinski definition) is 3. The van der Waals surface area contributed by atoms with Crippen LogP contribution in [-0.2, 0) is 0 Å². The molecule has 0 aromatic carbocycles. The summed E-state index contributed by atoms with van der Waals surface area (Å²) in [6.07, 6.45) is 2.64. The van der Waals surface area contributed by atoms with Gasteiger partial charge >= 0.3 is 0 Å². The van der Waals surface area contributed by atoms with Crippen molar-refractivity contribution in [1.29, 1.82) is 0 Å². The van der Waals surface area contributed by atoms with Gasteiger partial charge in [0.05, 0.1) is 0 Å². The summed E-state index contributed by atoms with van der Waals surface area (Å²) in [7, 11) is 2.13. The standard InChI is InChI=1S/C11H22N6/c1-4-9(2)17(3)6-5-13-10-7-11(16-12)15-8-14-10/h7-9H,4-6,12H2,1-3H3,(H2,13,14,15,16). The molecule has 0 amide bonds. The molecular weight excluding hydrogens is 216 g/mol. The van der Waals surface area contributed by atoms with Crippen LogP contribution >= 0.6 is 0 Å². The molecule has 0 saturated heterocycles. The van der Waals surface area contributed by atoms with Crippen molar-refractivity contribution < 1.29 is 0 Å². The fraction of sp³-hybridized carbons (Fsp3) is 0.636. The molecule has 0 aliphatic rings. The van der Waals surface area contributed by atoms with Crippen LogP contribution < -0.4 is 16.6 Å². The minimum absolute atomic E-state index is 0.600. The topological polar surface area (TPSA) is 79.1 Å². The Morgan fingerprint density at radius 2 is 2.12 bits per heavy atom. The smallest absolute Gasteiger partial charge is 0.145 e. The molecule has 4 N–H and O–H groups in total. The van der Waals surface area contributed by atoms with Crippen molar-refractivity contribution in [2.45, 2.75) is 26.3 Å². The zero-order valence-corrected chi connectivity index (χ0v) is 10.8. The van der Waals surface area contributed by atoms with Crippen LogP contribution in [0, 0.1) is 0 Å². The number of rotatable bonds is 7. The lowest BCUT2D eigenvalue weighted by Gasteiger charge is -2.23. The summed E-state index contributed by atoms with van der Waals surface area (Å²) in [6.45, 7) is 6.24. The summed E-state index contributed by atoms with van der Waals surface area (Å²) in [5.74, 6) is 6.67. The highest BCUT2D eigenvalue weighted by Crippen LogP contribution is 2.06. The maximum absolute atomic E-state index is 5.28. The average molecular weight is 238 g/mol. The number of nitrogens with zero attached hydrogens (tertiary/aromatic N) is 3. The van der Waals surface area contributed by atoms with Gasteiger partial charge < -0.3 is 15.6 Å². The van der Waals surface area contributed by atoms with E-state index in [1.807, 2.05) is 0 Å². The molecule has 96 valence electrons. The Morgan fingerprint density at radius 1 is 1.41 bits per heavy atom. The van der Waals surface area contributed by atoms with Crippen molar-refractivity contribution in [3.05, 3.63) is 12.4 Å². The number of nitrogens with two attached hydrogens (primary N) is 1. The number of aromatic nitrogens is 2. The van der Waals surface area contributed by atoms with Crippen LogP contribution in [0.5, 0.6) is 0 Å². The van der Waals surface area contributed by atoms with Crippen LogP contribution in [0.3, 0.4) is 0 Å². The number of nitrogen functional groups attached to an aromatic ring is 1. The van der Waals surface area contributed by atoms with Gasteiger partial charge in [0.1, 0.15) is 18.0 Å². The molecule has 1 aromatic heterocycles. The van der Waals surface area contributed by atoms with Crippen molar-refractivity contribution in [1.82, 2.24) is 14.9 Å². The highest BCUT2D eigenvalue weighted by atomic mass is 15.3.